The second-order valence-electron chi connectivity index (χ2n) is 6.52. The number of aryl methyl sites for hydroxylation is 2. The van der Waals surface area contributed by atoms with E-state index in [4.69, 9.17) is 0 Å². The number of benzene rings is 2. The van der Waals surface area contributed by atoms with E-state index >= 15 is 0 Å². The molecule has 0 fully saturated rings. The maximum absolute atomic E-state index is 12.2. The number of carbonyl (C=O) groups is 1. The number of amides is 1. The fourth-order valence-corrected chi connectivity index (χ4v) is 4.02. The molecule has 0 aliphatic carbocycles. The normalized spacial score (nSPS) is 11.6. The molecule has 0 aliphatic rings. The Balaban J connectivity index is 1.51. The van der Waals surface area contributed by atoms with Crippen LogP contribution in [0, 0.1) is 6.92 Å². The second kappa shape index (κ2) is 7.94. The van der Waals surface area contributed by atoms with E-state index in [1.54, 1.807) is 24.3 Å². The van der Waals surface area contributed by atoms with Crippen molar-refractivity contribution in [2.45, 2.75) is 18.2 Å². The molecule has 1 amide bonds. The van der Waals surface area contributed by atoms with Gasteiger partial charge in [0.05, 0.1) is 11.3 Å². The third-order valence-electron chi connectivity index (χ3n) is 4.40. The van der Waals surface area contributed by atoms with Crippen LogP contribution in [0.5, 0.6) is 0 Å². The minimum atomic E-state index is -3.56. The van der Waals surface area contributed by atoms with Crippen LogP contribution < -0.4 is 10.0 Å². The predicted molar refractivity (Wildman–Crippen MR) is 106 cm³/mol. The lowest BCUT2D eigenvalue weighted by molar-refractivity contribution is -0.120. The minimum Gasteiger partial charge on any atom is -0.354 e. The van der Waals surface area contributed by atoms with Gasteiger partial charge in [-0.05, 0) is 30.7 Å². The summed E-state index contributed by atoms with van der Waals surface area (Å²) in [6.07, 6.45) is 2.20. The summed E-state index contributed by atoms with van der Waals surface area (Å²) in [6.45, 7) is 2.27. The SMILES string of the molecule is Cc1ccc(S(=O)(=O)NCCNC(=O)Cc2cn(C)c3ccccc23)cc1. The molecule has 1 aromatic heterocycles. The van der Waals surface area contributed by atoms with Gasteiger partial charge in [0.25, 0.3) is 0 Å². The van der Waals surface area contributed by atoms with Crippen LogP contribution in [0.25, 0.3) is 10.9 Å². The summed E-state index contributed by atoms with van der Waals surface area (Å²) in [6, 6.07) is 14.6. The molecule has 3 aromatic rings. The third-order valence-corrected chi connectivity index (χ3v) is 5.88. The van der Waals surface area contributed by atoms with Crippen LogP contribution in [0.4, 0.5) is 0 Å². The zero-order valence-electron chi connectivity index (χ0n) is 15.4. The maximum Gasteiger partial charge on any atom is 0.240 e. The quantitative estimate of drug-likeness (QED) is 0.612. The van der Waals surface area contributed by atoms with E-state index in [1.165, 1.54) is 0 Å². The van der Waals surface area contributed by atoms with Gasteiger partial charge < -0.3 is 9.88 Å². The monoisotopic (exact) mass is 385 g/mol. The van der Waals surface area contributed by atoms with Gasteiger partial charge >= 0.3 is 0 Å². The van der Waals surface area contributed by atoms with Crippen LogP contribution in [0.3, 0.4) is 0 Å². The summed E-state index contributed by atoms with van der Waals surface area (Å²) in [5.74, 6) is -0.138. The molecule has 142 valence electrons. The topological polar surface area (TPSA) is 80.2 Å². The number of hydrogen-bond acceptors (Lipinski definition) is 3. The van der Waals surface area contributed by atoms with Gasteiger partial charge in [0, 0.05) is 37.2 Å². The minimum absolute atomic E-state index is 0.136. The molecule has 1 heterocycles. The Kier molecular flexibility index (Phi) is 5.62. The number of hydrogen-bond donors (Lipinski definition) is 2. The molecule has 0 atom stereocenters. The van der Waals surface area contributed by atoms with Crippen molar-refractivity contribution in [3.8, 4) is 0 Å². The van der Waals surface area contributed by atoms with Gasteiger partial charge in [0.2, 0.25) is 15.9 Å². The van der Waals surface area contributed by atoms with Gasteiger partial charge in [0.1, 0.15) is 0 Å². The van der Waals surface area contributed by atoms with Crippen molar-refractivity contribution in [2.75, 3.05) is 13.1 Å². The zero-order chi connectivity index (χ0) is 19.4. The van der Waals surface area contributed by atoms with Gasteiger partial charge in [-0.2, -0.15) is 0 Å². The molecule has 0 bridgehead atoms. The van der Waals surface area contributed by atoms with E-state index in [-0.39, 0.29) is 30.3 Å². The van der Waals surface area contributed by atoms with E-state index < -0.39 is 10.0 Å². The lowest BCUT2D eigenvalue weighted by atomic mass is 10.1. The molecule has 0 unspecified atom stereocenters. The first-order valence-electron chi connectivity index (χ1n) is 8.73. The Hall–Kier alpha value is -2.64. The number of nitrogens with zero attached hydrogens (tertiary/aromatic N) is 1. The third kappa shape index (κ3) is 4.56. The van der Waals surface area contributed by atoms with Crippen LogP contribution in [-0.4, -0.2) is 32.0 Å². The highest BCUT2D eigenvalue weighted by Crippen LogP contribution is 2.20. The van der Waals surface area contributed by atoms with Crippen molar-refractivity contribution in [1.82, 2.24) is 14.6 Å². The molecular weight excluding hydrogens is 362 g/mol. The molecular formula is C20H23N3O3S. The highest BCUT2D eigenvalue weighted by molar-refractivity contribution is 7.89. The number of nitrogens with one attached hydrogen (secondary N) is 2. The summed E-state index contributed by atoms with van der Waals surface area (Å²) in [7, 11) is -1.62. The number of para-hydroxylation sites is 1. The summed E-state index contributed by atoms with van der Waals surface area (Å²) in [4.78, 5) is 12.4. The van der Waals surface area contributed by atoms with Crippen LogP contribution in [-0.2, 0) is 28.3 Å². The average molecular weight is 385 g/mol. The van der Waals surface area contributed by atoms with Crippen molar-refractivity contribution in [3.05, 3.63) is 65.9 Å². The van der Waals surface area contributed by atoms with Crippen LogP contribution in [0.2, 0.25) is 0 Å². The Bertz CT molecular complexity index is 1050. The Labute approximate surface area is 159 Å². The summed E-state index contributed by atoms with van der Waals surface area (Å²) >= 11 is 0. The molecule has 2 N–H and O–H groups in total. The number of rotatable bonds is 7. The molecule has 7 heteroatoms. The predicted octanol–water partition coefficient (Wildman–Crippen LogP) is 2.12. The summed E-state index contributed by atoms with van der Waals surface area (Å²) < 4.78 is 28.9. The van der Waals surface area contributed by atoms with Crippen LogP contribution in [0.15, 0.2) is 59.6 Å². The maximum atomic E-state index is 12.2. The van der Waals surface area contributed by atoms with E-state index in [0.29, 0.717) is 0 Å². The second-order valence-corrected chi connectivity index (χ2v) is 8.29. The largest absolute Gasteiger partial charge is 0.354 e. The first-order valence-corrected chi connectivity index (χ1v) is 10.2. The fourth-order valence-electron chi connectivity index (χ4n) is 2.99. The molecule has 0 radical (unpaired) electrons. The van der Waals surface area contributed by atoms with E-state index in [2.05, 4.69) is 10.0 Å². The van der Waals surface area contributed by atoms with Gasteiger partial charge in [-0.1, -0.05) is 35.9 Å². The van der Waals surface area contributed by atoms with E-state index in [9.17, 15) is 13.2 Å². The fraction of sp³-hybridized carbons (Fsp3) is 0.250. The highest BCUT2D eigenvalue weighted by Gasteiger charge is 2.13. The van der Waals surface area contributed by atoms with Crippen molar-refractivity contribution >= 4 is 26.8 Å². The smallest absolute Gasteiger partial charge is 0.240 e. The number of fused-ring (bicyclic) bond motifs is 1. The van der Waals surface area contributed by atoms with Gasteiger partial charge in [-0.3, -0.25) is 4.79 Å². The highest BCUT2D eigenvalue weighted by atomic mass is 32.2. The van der Waals surface area contributed by atoms with Crippen molar-refractivity contribution in [2.24, 2.45) is 7.05 Å². The molecule has 3 rings (SSSR count). The lowest BCUT2D eigenvalue weighted by Gasteiger charge is -2.08. The molecule has 0 spiro atoms. The van der Waals surface area contributed by atoms with Gasteiger partial charge in [-0.25, -0.2) is 13.1 Å². The molecule has 0 saturated heterocycles. The first-order chi connectivity index (χ1) is 12.9. The Morgan fingerprint density at radius 2 is 1.74 bits per heavy atom. The zero-order valence-corrected chi connectivity index (χ0v) is 16.2. The Morgan fingerprint density at radius 3 is 2.48 bits per heavy atom. The van der Waals surface area contributed by atoms with Crippen LogP contribution >= 0.6 is 0 Å². The van der Waals surface area contributed by atoms with Crippen molar-refractivity contribution in [1.29, 1.82) is 0 Å². The van der Waals surface area contributed by atoms with E-state index in [1.807, 2.05) is 49.0 Å². The van der Waals surface area contributed by atoms with Crippen molar-refractivity contribution < 1.29 is 13.2 Å². The molecule has 2 aromatic carbocycles. The number of carbonyl (C=O) groups excluding carboxylic acids is 1. The summed E-state index contributed by atoms with van der Waals surface area (Å²) in [5.41, 5.74) is 3.02. The first kappa shape index (κ1) is 19.1. The van der Waals surface area contributed by atoms with Crippen molar-refractivity contribution in [3.63, 3.8) is 0 Å². The Morgan fingerprint density at radius 1 is 1.04 bits per heavy atom. The molecule has 0 aliphatic heterocycles. The van der Waals surface area contributed by atoms with Gasteiger partial charge in [0.15, 0.2) is 0 Å². The van der Waals surface area contributed by atoms with Gasteiger partial charge in [-0.15, -0.1) is 0 Å². The average Bonchev–Trinajstić information content (AvgIpc) is 2.95. The standard InChI is InChI=1S/C20H23N3O3S/c1-15-7-9-17(10-8-15)27(25,26)22-12-11-21-20(24)13-16-14-23(2)19-6-4-3-5-18(16)19/h3-10,14,22H,11-13H2,1-2H3,(H,21,24). The lowest BCUT2D eigenvalue weighted by Crippen LogP contribution is -2.35. The number of aromatic nitrogens is 1. The van der Waals surface area contributed by atoms with Crippen LogP contribution in [0.1, 0.15) is 11.1 Å². The number of sulfonamides is 1. The summed E-state index contributed by atoms with van der Waals surface area (Å²) in [5, 5.41) is 3.81. The molecule has 0 saturated carbocycles. The van der Waals surface area contributed by atoms with E-state index in [0.717, 1.165) is 22.0 Å². The molecule has 6 nitrogen and oxygen atoms in total. The molecule has 27 heavy (non-hydrogen) atoms.